The quantitative estimate of drug-likeness (QED) is 0.622. The van der Waals surface area contributed by atoms with Gasteiger partial charge in [-0.15, -0.1) is 11.3 Å². The average Bonchev–Trinajstić information content (AvgIpc) is 3.04. The van der Waals surface area contributed by atoms with Crippen LogP contribution in [-0.2, 0) is 9.53 Å². The largest absolute Gasteiger partial charge is 0.401 e. The van der Waals surface area contributed by atoms with E-state index in [-0.39, 0.29) is 0 Å². The molecule has 0 bridgehead atoms. The van der Waals surface area contributed by atoms with Crippen molar-refractivity contribution in [3.63, 3.8) is 0 Å². The summed E-state index contributed by atoms with van der Waals surface area (Å²) in [6.45, 7) is 4.03. The molecule has 2 heterocycles. The first-order valence-electron chi connectivity index (χ1n) is 6.27. The highest BCUT2D eigenvalue weighted by Gasteiger charge is 2.24. The van der Waals surface area contributed by atoms with Gasteiger partial charge in [0.25, 0.3) is 0 Å². The topological polar surface area (TPSA) is 38.7 Å². The predicted molar refractivity (Wildman–Crippen MR) is 80.8 cm³/mol. The maximum Gasteiger partial charge on any atom is 0.363 e. The van der Waals surface area contributed by atoms with Crippen LogP contribution < -0.4 is 0 Å². The van der Waals surface area contributed by atoms with Crippen LogP contribution in [0.2, 0.25) is 0 Å². The summed E-state index contributed by atoms with van der Waals surface area (Å²) in [6, 6.07) is 9.91. The molecule has 2 aromatic rings. The maximum atomic E-state index is 11.9. The van der Waals surface area contributed by atoms with Crippen LogP contribution in [0.15, 0.2) is 46.4 Å². The Labute approximate surface area is 121 Å². The first-order valence-corrected chi connectivity index (χ1v) is 7.15. The van der Waals surface area contributed by atoms with E-state index in [4.69, 9.17) is 4.74 Å². The molecule has 0 unspecified atom stereocenters. The summed E-state index contributed by atoms with van der Waals surface area (Å²) in [7, 11) is 0. The molecule has 1 aromatic heterocycles. The van der Waals surface area contributed by atoms with Gasteiger partial charge in [-0.3, -0.25) is 0 Å². The van der Waals surface area contributed by atoms with Gasteiger partial charge in [-0.1, -0.05) is 29.8 Å². The number of hydrogen-bond acceptors (Lipinski definition) is 4. The molecule has 0 radical (unpaired) electrons. The van der Waals surface area contributed by atoms with Gasteiger partial charge < -0.3 is 4.74 Å². The van der Waals surface area contributed by atoms with Crippen LogP contribution >= 0.6 is 11.3 Å². The Kier molecular flexibility index (Phi) is 3.24. The van der Waals surface area contributed by atoms with Gasteiger partial charge in [-0.05, 0) is 42.5 Å². The SMILES string of the molecule is Cc1ccc(C)c(/C=C2/N=C(c3cccs3)OC2=O)c1. The fourth-order valence-corrected chi connectivity index (χ4v) is 2.63. The number of nitrogens with zero attached hydrogens (tertiary/aromatic N) is 1. The first-order chi connectivity index (χ1) is 9.63. The standard InChI is InChI=1S/C16H13NO2S/c1-10-5-6-11(2)12(8-10)9-13-16(18)19-15(17-13)14-4-3-7-20-14/h3-9H,1-2H3/b13-9+. The molecule has 1 aliphatic heterocycles. The molecule has 1 aliphatic rings. The number of cyclic esters (lactones) is 1. The van der Waals surface area contributed by atoms with Crippen LogP contribution in [-0.4, -0.2) is 11.9 Å². The number of rotatable bonds is 2. The minimum absolute atomic E-state index is 0.349. The van der Waals surface area contributed by atoms with E-state index in [2.05, 4.69) is 4.99 Å². The summed E-state index contributed by atoms with van der Waals surface area (Å²) in [5.74, 6) is -0.00383. The number of carbonyl (C=O) groups excluding carboxylic acids is 1. The van der Waals surface area contributed by atoms with Gasteiger partial charge in [0, 0.05) is 0 Å². The summed E-state index contributed by atoms with van der Waals surface area (Å²) in [5, 5.41) is 1.93. The van der Waals surface area contributed by atoms with E-state index >= 15 is 0 Å². The highest BCUT2D eigenvalue weighted by molar-refractivity contribution is 7.12. The third-order valence-electron chi connectivity index (χ3n) is 3.08. The highest BCUT2D eigenvalue weighted by Crippen LogP contribution is 2.22. The normalized spacial score (nSPS) is 16.4. The molecule has 20 heavy (non-hydrogen) atoms. The molecule has 0 saturated heterocycles. The minimum atomic E-state index is -0.394. The first kappa shape index (κ1) is 12.8. The van der Waals surface area contributed by atoms with E-state index < -0.39 is 5.97 Å². The number of hydrogen-bond donors (Lipinski definition) is 0. The van der Waals surface area contributed by atoms with Crippen molar-refractivity contribution in [3.8, 4) is 0 Å². The molecular formula is C16H13NO2S. The molecule has 100 valence electrons. The Morgan fingerprint density at radius 2 is 2.10 bits per heavy atom. The number of aryl methyl sites for hydroxylation is 2. The van der Waals surface area contributed by atoms with Crippen molar-refractivity contribution in [3.05, 3.63) is 63.0 Å². The number of aliphatic imine (C=N–C) groups is 1. The zero-order valence-electron chi connectivity index (χ0n) is 11.2. The molecule has 0 aliphatic carbocycles. The third kappa shape index (κ3) is 2.42. The van der Waals surface area contributed by atoms with E-state index in [1.807, 2.05) is 49.6 Å². The van der Waals surface area contributed by atoms with Crippen molar-refractivity contribution in [2.24, 2.45) is 4.99 Å². The molecule has 0 amide bonds. The smallest absolute Gasteiger partial charge is 0.363 e. The van der Waals surface area contributed by atoms with Crippen LogP contribution in [0.4, 0.5) is 0 Å². The molecular weight excluding hydrogens is 270 g/mol. The lowest BCUT2D eigenvalue weighted by Gasteiger charge is -2.01. The van der Waals surface area contributed by atoms with Crippen LogP contribution in [0.5, 0.6) is 0 Å². The van der Waals surface area contributed by atoms with Crippen molar-refractivity contribution in [1.29, 1.82) is 0 Å². The van der Waals surface area contributed by atoms with Crippen LogP contribution in [0, 0.1) is 13.8 Å². The number of thiophene rings is 1. The zero-order valence-corrected chi connectivity index (χ0v) is 12.0. The monoisotopic (exact) mass is 283 g/mol. The molecule has 3 rings (SSSR count). The summed E-state index contributed by atoms with van der Waals surface area (Å²) in [4.78, 5) is 17.0. The summed E-state index contributed by atoms with van der Waals surface area (Å²) < 4.78 is 5.21. The lowest BCUT2D eigenvalue weighted by Crippen LogP contribution is -2.03. The Bertz CT molecular complexity index is 727. The lowest BCUT2D eigenvalue weighted by atomic mass is 10.0. The Morgan fingerprint density at radius 1 is 1.25 bits per heavy atom. The molecule has 1 aromatic carbocycles. The second kappa shape index (κ2) is 5.06. The second-order valence-electron chi connectivity index (χ2n) is 4.67. The van der Waals surface area contributed by atoms with E-state index in [1.165, 1.54) is 11.3 Å². The van der Waals surface area contributed by atoms with Crippen LogP contribution in [0.25, 0.3) is 6.08 Å². The third-order valence-corrected chi connectivity index (χ3v) is 3.94. The molecule has 0 atom stereocenters. The fraction of sp³-hybridized carbons (Fsp3) is 0.125. The van der Waals surface area contributed by atoms with Crippen LogP contribution in [0.1, 0.15) is 21.6 Å². The van der Waals surface area contributed by atoms with Gasteiger partial charge >= 0.3 is 5.97 Å². The van der Waals surface area contributed by atoms with Gasteiger partial charge in [0.05, 0.1) is 4.88 Å². The maximum absolute atomic E-state index is 11.9. The zero-order chi connectivity index (χ0) is 14.1. The van der Waals surface area contributed by atoms with E-state index in [1.54, 1.807) is 6.08 Å². The molecule has 0 N–H and O–H groups in total. The number of carbonyl (C=O) groups is 1. The lowest BCUT2D eigenvalue weighted by molar-refractivity contribution is -0.129. The molecule has 0 spiro atoms. The van der Waals surface area contributed by atoms with Gasteiger partial charge in [0.2, 0.25) is 5.90 Å². The van der Waals surface area contributed by atoms with Crippen molar-refractivity contribution in [2.75, 3.05) is 0 Å². The van der Waals surface area contributed by atoms with E-state index in [9.17, 15) is 4.79 Å². The minimum Gasteiger partial charge on any atom is -0.401 e. The number of ether oxygens (including phenoxy) is 1. The highest BCUT2D eigenvalue weighted by atomic mass is 32.1. The van der Waals surface area contributed by atoms with Gasteiger partial charge in [0.1, 0.15) is 0 Å². The Morgan fingerprint density at radius 3 is 2.85 bits per heavy atom. The Balaban J connectivity index is 1.99. The van der Waals surface area contributed by atoms with Crippen LogP contribution in [0.3, 0.4) is 0 Å². The summed E-state index contributed by atoms with van der Waals surface area (Å²) in [6.07, 6.45) is 1.78. The second-order valence-corrected chi connectivity index (χ2v) is 5.62. The van der Waals surface area contributed by atoms with E-state index in [0.29, 0.717) is 11.6 Å². The van der Waals surface area contributed by atoms with Gasteiger partial charge in [-0.2, -0.15) is 0 Å². The molecule has 0 saturated carbocycles. The van der Waals surface area contributed by atoms with Crippen molar-refractivity contribution in [1.82, 2.24) is 0 Å². The summed E-state index contributed by atoms with van der Waals surface area (Å²) in [5.41, 5.74) is 3.60. The van der Waals surface area contributed by atoms with Crippen molar-refractivity contribution >= 4 is 29.3 Å². The average molecular weight is 283 g/mol. The molecule has 3 nitrogen and oxygen atoms in total. The van der Waals surface area contributed by atoms with Crippen molar-refractivity contribution in [2.45, 2.75) is 13.8 Å². The van der Waals surface area contributed by atoms with Gasteiger partial charge in [0.15, 0.2) is 5.70 Å². The molecule has 0 fully saturated rings. The fourth-order valence-electron chi connectivity index (χ4n) is 1.98. The molecule has 4 heteroatoms. The number of esters is 1. The summed E-state index contributed by atoms with van der Waals surface area (Å²) >= 11 is 1.50. The van der Waals surface area contributed by atoms with E-state index in [0.717, 1.165) is 21.6 Å². The number of benzene rings is 1. The van der Waals surface area contributed by atoms with Crippen molar-refractivity contribution < 1.29 is 9.53 Å². The van der Waals surface area contributed by atoms with Gasteiger partial charge in [-0.25, -0.2) is 9.79 Å². The predicted octanol–water partition coefficient (Wildman–Crippen LogP) is 3.71. The Hall–Kier alpha value is -2.20.